The van der Waals surface area contributed by atoms with Crippen LogP contribution in [0.1, 0.15) is 12.6 Å². The van der Waals surface area contributed by atoms with E-state index in [9.17, 15) is 0 Å². The number of H-pyrrole nitrogens is 1. The molecule has 0 spiro atoms. The molecule has 0 amide bonds. The van der Waals surface area contributed by atoms with Gasteiger partial charge in [0.1, 0.15) is 5.82 Å². The summed E-state index contributed by atoms with van der Waals surface area (Å²) in [5.41, 5.74) is 2.02. The van der Waals surface area contributed by atoms with Crippen LogP contribution in [0.3, 0.4) is 0 Å². The molecule has 4 nitrogen and oxygen atoms in total. The third-order valence-electron chi connectivity index (χ3n) is 2.44. The molecule has 17 heavy (non-hydrogen) atoms. The number of rotatable bonds is 4. The third kappa shape index (κ3) is 2.41. The molecule has 1 aromatic heterocycles. The zero-order chi connectivity index (χ0) is 12.3. The number of ether oxygens (including phenoxy) is 2. The fourth-order valence-corrected chi connectivity index (χ4v) is 1.65. The molecule has 0 aliphatic carbocycles. The number of aromatic amines is 1. The molecule has 0 saturated heterocycles. The Kier molecular flexibility index (Phi) is 3.32. The zero-order valence-electron chi connectivity index (χ0n) is 10.3. The lowest BCUT2D eigenvalue weighted by molar-refractivity contribution is 0.311. The first-order valence-corrected chi connectivity index (χ1v) is 5.57. The molecule has 2 aromatic rings. The minimum atomic E-state index is 0.608. The minimum Gasteiger partial charge on any atom is -0.493 e. The molecule has 0 aliphatic rings. The average molecular weight is 232 g/mol. The lowest BCUT2D eigenvalue weighted by atomic mass is 10.2. The second-order valence-electron chi connectivity index (χ2n) is 3.71. The maximum atomic E-state index is 5.53. The Hall–Kier alpha value is -1.97. The Balaban J connectivity index is 2.39. The Labute approximate surface area is 101 Å². The van der Waals surface area contributed by atoms with E-state index in [1.165, 1.54) is 0 Å². The molecule has 0 saturated carbocycles. The van der Waals surface area contributed by atoms with Gasteiger partial charge in [-0.3, -0.25) is 0 Å². The number of nitrogens with zero attached hydrogens (tertiary/aromatic N) is 1. The molecule has 1 aromatic carbocycles. The second-order valence-corrected chi connectivity index (χ2v) is 3.71. The zero-order valence-corrected chi connectivity index (χ0v) is 10.3. The Morgan fingerprint density at radius 2 is 2.12 bits per heavy atom. The van der Waals surface area contributed by atoms with E-state index in [0.717, 1.165) is 28.6 Å². The van der Waals surface area contributed by atoms with Crippen LogP contribution < -0.4 is 9.47 Å². The van der Waals surface area contributed by atoms with Gasteiger partial charge in [0.25, 0.3) is 0 Å². The number of imidazole rings is 1. The van der Waals surface area contributed by atoms with Gasteiger partial charge < -0.3 is 14.5 Å². The molecule has 90 valence electrons. The van der Waals surface area contributed by atoms with Gasteiger partial charge in [0.05, 0.1) is 13.7 Å². The Bertz CT molecular complexity index is 506. The molecule has 0 radical (unpaired) electrons. The SMILES string of the molecule is CCOc1cc(-c2ncc(C)[nH]2)ccc1OC. The number of hydrogen-bond acceptors (Lipinski definition) is 3. The van der Waals surface area contributed by atoms with E-state index in [0.29, 0.717) is 6.61 Å². The Morgan fingerprint density at radius 1 is 1.29 bits per heavy atom. The smallest absolute Gasteiger partial charge is 0.161 e. The molecule has 1 heterocycles. The molecule has 4 heteroatoms. The van der Waals surface area contributed by atoms with Gasteiger partial charge in [-0.25, -0.2) is 4.98 Å². The molecule has 2 rings (SSSR count). The lowest BCUT2D eigenvalue weighted by Crippen LogP contribution is -1.95. The van der Waals surface area contributed by atoms with E-state index in [4.69, 9.17) is 9.47 Å². The fraction of sp³-hybridized carbons (Fsp3) is 0.308. The van der Waals surface area contributed by atoms with E-state index >= 15 is 0 Å². The summed E-state index contributed by atoms with van der Waals surface area (Å²) in [6.45, 7) is 4.53. The third-order valence-corrected chi connectivity index (χ3v) is 2.44. The first-order chi connectivity index (χ1) is 8.24. The number of aromatic nitrogens is 2. The summed E-state index contributed by atoms with van der Waals surface area (Å²) in [6, 6.07) is 5.78. The highest BCUT2D eigenvalue weighted by Crippen LogP contribution is 2.31. The maximum absolute atomic E-state index is 5.53. The van der Waals surface area contributed by atoms with Crippen molar-refractivity contribution in [3.63, 3.8) is 0 Å². The van der Waals surface area contributed by atoms with Crippen LogP contribution >= 0.6 is 0 Å². The number of aryl methyl sites for hydroxylation is 1. The number of nitrogens with one attached hydrogen (secondary N) is 1. The van der Waals surface area contributed by atoms with Gasteiger partial charge in [0.15, 0.2) is 11.5 Å². The average Bonchev–Trinajstić information content (AvgIpc) is 2.76. The van der Waals surface area contributed by atoms with Crippen LogP contribution in [0.4, 0.5) is 0 Å². The van der Waals surface area contributed by atoms with Crippen molar-refractivity contribution in [3.8, 4) is 22.9 Å². The molecule has 0 aliphatic heterocycles. The van der Waals surface area contributed by atoms with Gasteiger partial charge in [0, 0.05) is 17.5 Å². The second kappa shape index (κ2) is 4.91. The van der Waals surface area contributed by atoms with Crippen LogP contribution in [0.2, 0.25) is 0 Å². The summed E-state index contributed by atoms with van der Waals surface area (Å²) in [5.74, 6) is 2.31. The van der Waals surface area contributed by atoms with Crippen LogP contribution in [0.5, 0.6) is 11.5 Å². The Morgan fingerprint density at radius 3 is 2.71 bits per heavy atom. The van der Waals surface area contributed by atoms with Gasteiger partial charge in [-0.1, -0.05) is 0 Å². The summed E-state index contributed by atoms with van der Waals surface area (Å²) < 4.78 is 10.8. The van der Waals surface area contributed by atoms with E-state index in [1.54, 1.807) is 13.3 Å². The van der Waals surface area contributed by atoms with Crippen LogP contribution in [0.25, 0.3) is 11.4 Å². The van der Waals surface area contributed by atoms with Crippen molar-refractivity contribution in [1.82, 2.24) is 9.97 Å². The lowest BCUT2D eigenvalue weighted by Gasteiger charge is -2.10. The number of benzene rings is 1. The van der Waals surface area contributed by atoms with Crippen LogP contribution in [0, 0.1) is 6.92 Å². The maximum Gasteiger partial charge on any atom is 0.161 e. The molecule has 0 unspecified atom stereocenters. The summed E-state index contributed by atoms with van der Waals surface area (Å²) in [6.07, 6.45) is 1.81. The number of methoxy groups -OCH3 is 1. The largest absolute Gasteiger partial charge is 0.493 e. The molecule has 0 fully saturated rings. The van der Waals surface area contributed by atoms with Gasteiger partial charge in [-0.2, -0.15) is 0 Å². The van der Waals surface area contributed by atoms with Crippen LogP contribution in [-0.4, -0.2) is 23.7 Å². The van der Waals surface area contributed by atoms with Crippen molar-refractivity contribution in [2.75, 3.05) is 13.7 Å². The summed E-state index contributed by atoms with van der Waals surface area (Å²) >= 11 is 0. The summed E-state index contributed by atoms with van der Waals surface area (Å²) in [5, 5.41) is 0. The van der Waals surface area contributed by atoms with Crippen molar-refractivity contribution in [2.24, 2.45) is 0 Å². The quantitative estimate of drug-likeness (QED) is 0.881. The molecule has 0 bridgehead atoms. The highest BCUT2D eigenvalue weighted by Gasteiger charge is 2.08. The van der Waals surface area contributed by atoms with Gasteiger partial charge in [-0.05, 0) is 32.0 Å². The van der Waals surface area contributed by atoms with E-state index < -0.39 is 0 Å². The molecular formula is C13H16N2O2. The first-order valence-electron chi connectivity index (χ1n) is 5.57. The van der Waals surface area contributed by atoms with Gasteiger partial charge in [-0.15, -0.1) is 0 Å². The van der Waals surface area contributed by atoms with Gasteiger partial charge >= 0.3 is 0 Å². The van der Waals surface area contributed by atoms with Crippen molar-refractivity contribution >= 4 is 0 Å². The van der Waals surface area contributed by atoms with E-state index in [-0.39, 0.29) is 0 Å². The monoisotopic (exact) mass is 232 g/mol. The van der Waals surface area contributed by atoms with Crippen molar-refractivity contribution < 1.29 is 9.47 Å². The standard InChI is InChI=1S/C13H16N2O2/c1-4-17-12-7-10(5-6-11(12)16-3)13-14-8-9(2)15-13/h5-8H,4H2,1-3H3,(H,14,15). The van der Waals surface area contributed by atoms with Crippen LogP contribution in [0.15, 0.2) is 24.4 Å². The number of hydrogen-bond donors (Lipinski definition) is 1. The van der Waals surface area contributed by atoms with Gasteiger partial charge in [0.2, 0.25) is 0 Å². The van der Waals surface area contributed by atoms with Crippen LogP contribution in [-0.2, 0) is 0 Å². The molecular weight excluding hydrogens is 216 g/mol. The molecule has 0 atom stereocenters. The first kappa shape index (κ1) is 11.5. The van der Waals surface area contributed by atoms with Crippen molar-refractivity contribution in [3.05, 3.63) is 30.1 Å². The van der Waals surface area contributed by atoms with E-state index in [2.05, 4.69) is 9.97 Å². The highest BCUT2D eigenvalue weighted by atomic mass is 16.5. The molecule has 1 N–H and O–H groups in total. The minimum absolute atomic E-state index is 0.608. The van der Waals surface area contributed by atoms with Crippen molar-refractivity contribution in [2.45, 2.75) is 13.8 Å². The predicted octanol–water partition coefficient (Wildman–Crippen LogP) is 2.79. The topological polar surface area (TPSA) is 47.1 Å². The fourth-order valence-electron chi connectivity index (χ4n) is 1.65. The normalized spacial score (nSPS) is 10.3. The highest BCUT2D eigenvalue weighted by molar-refractivity contribution is 5.61. The van der Waals surface area contributed by atoms with E-state index in [1.807, 2.05) is 32.0 Å². The summed E-state index contributed by atoms with van der Waals surface area (Å²) in [4.78, 5) is 7.48. The summed E-state index contributed by atoms with van der Waals surface area (Å²) in [7, 11) is 1.63. The predicted molar refractivity (Wildman–Crippen MR) is 66.5 cm³/mol. The van der Waals surface area contributed by atoms with Crippen molar-refractivity contribution in [1.29, 1.82) is 0 Å².